The van der Waals surface area contributed by atoms with Crippen LogP contribution < -0.4 is 5.32 Å². The third-order valence-electron chi connectivity index (χ3n) is 2.64. The normalized spacial score (nSPS) is 22.4. The highest BCUT2D eigenvalue weighted by atomic mass is 32.2. The molecule has 0 aromatic rings. The van der Waals surface area contributed by atoms with Crippen molar-refractivity contribution in [1.82, 2.24) is 10.2 Å². The molecule has 0 aromatic heterocycles. The average Bonchev–Trinajstić information content (AvgIpc) is 2.68. The van der Waals surface area contributed by atoms with Gasteiger partial charge in [-0.3, -0.25) is 10.1 Å². The Kier molecular flexibility index (Phi) is 3.80. The summed E-state index contributed by atoms with van der Waals surface area (Å²) in [5.74, 6) is 1.73. The maximum Gasteiger partial charge on any atom is 0.240 e. The van der Waals surface area contributed by atoms with Crippen LogP contribution >= 0.6 is 11.8 Å². The van der Waals surface area contributed by atoms with Gasteiger partial charge in [0.25, 0.3) is 0 Å². The van der Waals surface area contributed by atoms with Gasteiger partial charge < -0.3 is 10.0 Å². The van der Waals surface area contributed by atoms with Gasteiger partial charge in [-0.15, -0.1) is 11.8 Å². The third kappa shape index (κ3) is 2.40. The molecule has 0 saturated carbocycles. The standard InChI is InChI=1S/C9H18N2O2S/c1-9(2,5-12)11(3)8(13)7-4-14-6-10-7/h7,10,12H,4-6H2,1-3H3. The van der Waals surface area contributed by atoms with E-state index in [2.05, 4.69) is 5.32 Å². The van der Waals surface area contributed by atoms with Crippen LogP contribution in [0.4, 0.5) is 0 Å². The van der Waals surface area contributed by atoms with E-state index in [0.717, 1.165) is 11.6 Å². The topological polar surface area (TPSA) is 52.6 Å². The number of thioether (sulfide) groups is 1. The largest absolute Gasteiger partial charge is 0.394 e. The highest BCUT2D eigenvalue weighted by molar-refractivity contribution is 7.99. The van der Waals surface area contributed by atoms with Crippen LogP contribution in [-0.4, -0.2) is 52.8 Å². The first-order valence-electron chi connectivity index (χ1n) is 4.68. The zero-order valence-electron chi connectivity index (χ0n) is 8.91. The first-order valence-corrected chi connectivity index (χ1v) is 5.84. The summed E-state index contributed by atoms with van der Waals surface area (Å²) in [5.41, 5.74) is -0.480. The molecule has 2 N–H and O–H groups in total. The summed E-state index contributed by atoms with van der Waals surface area (Å²) >= 11 is 1.73. The van der Waals surface area contributed by atoms with Gasteiger partial charge >= 0.3 is 0 Å². The van der Waals surface area contributed by atoms with Gasteiger partial charge in [-0.2, -0.15) is 0 Å². The van der Waals surface area contributed by atoms with Crippen LogP contribution in [0, 0.1) is 0 Å². The van der Waals surface area contributed by atoms with Crippen molar-refractivity contribution in [1.29, 1.82) is 0 Å². The van der Waals surface area contributed by atoms with Gasteiger partial charge in [-0.25, -0.2) is 0 Å². The van der Waals surface area contributed by atoms with Crippen LogP contribution in [0.2, 0.25) is 0 Å². The van der Waals surface area contributed by atoms with Crippen molar-refractivity contribution in [3.8, 4) is 0 Å². The van der Waals surface area contributed by atoms with E-state index in [1.807, 2.05) is 13.8 Å². The maximum absolute atomic E-state index is 11.9. The first kappa shape index (κ1) is 11.8. The van der Waals surface area contributed by atoms with Crippen molar-refractivity contribution in [2.75, 3.05) is 25.3 Å². The molecule has 1 fully saturated rings. The molecule has 1 amide bonds. The Hall–Kier alpha value is -0.260. The number of carbonyl (C=O) groups is 1. The van der Waals surface area contributed by atoms with Crippen molar-refractivity contribution in [3.05, 3.63) is 0 Å². The summed E-state index contributed by atoms with van der Waals surface area (Å²) < 4.78 is 0. The van der Waals surface area contributed by atoms with E-state index in [1.165, 1.54) is 0 Å². The fraction of sp³-hybridized carbons (Fsp3) is 0.889. The van der Waals surface area contributed by atoms with Crippen LogP contribution in [0.1, 0.15) is 13.8 Å². The molecule has 0 radical (unpaired) electrons. The second kappa shape index (κ2) is 4.51. The number of amides is 1. The number of rotatable bonds is 3. The Bertz CT molecular complexity index is 215. The molecule has 1 unspecified atom stereocenters. The fourth-order valence-corrected chi connectivity index (χ4v) is 2.12. The van der Waals surface area contributed by atoms with Gasteiger partial charge in [-0.05, 0) is 13.8 Å². The molecule has 14 heavy (non-hydrogen) atoms. The highest BCUT2D eigenvalue weighted by Gasteiger charge is 2.32. The van der Waals surface area contributed by atoms with Crippen LogP contribution in [-0.2, 0) is 4.79 Å². The SMILES string of the molecule is CN(C(=O)C1CSCN1)C(C)(C)CO. The Labute approximate surface area is 89.0 Å². The average molecular weight is 218 g/mol. The Balaban J connectivity index is 2.59. The van der Waals surface area contributed by atoms with Gasteiger partial charge in [0.1, 0.15) is 0 Å². The van der Waals surface area contributed by atoms with Crippen molar-refractivity contribution in [2.24, 2.45) is 0 Å². The minimum absolute atomic E-state index is 0.0187. The number of aliphatic hydroxyl groups is 1. The molecule has 0 bridgehead atoms. The molecule has 1 saturated heterocycles. The number of nitrogens with one attached hydrogen (secondary N) is 1. The number of hydrogen-bond donors (Lipinski definition) is 2. The Morgan fingerprint density at radius 3 is 2.79 bits per heavy atom. The minimum atomic E-state index is -0.480. The molecule has 0 aromatic carbocycles. The molecule has 4 nitrogen and oxygen atoms in total. The molecule has 82 valence electrons. The number of carbonyl (C=O) groups excluding carboxylic acids is 1. The van der Waals surface area contributed by atoms with Crippen molar-refractivity contribution < 1.29 is 9.90 Å². The zero-order chi connectivity index (χ0) is 10.8. The van der Waals surface area contributed by atoms with Gasteiger partial charge in [0.2, 0.25) is 5.91 Å². The predicted octanol–water partition coefficient (Wildman–Crippen LogP) is -0.122. The lowest BCUT2D eigenvalue weighted by Gasteiger charge is -2.35. The molecule has 0 aliphatic carbocycles. The smallest absolute Gasteiger partial charge is 0.240 e. The van der Waals surface area contributed by atoms with Gasteiger partial charge in [-0.1, -0.05) is 0 Å². The minimum Gasteiger partial charge on any atom is -0.394 e. The lowest BCUT2D eigenvalue weighted by molar-refractivity contribution is -0.137. The lowest BCUT2D eigenvalue weighted by Crippen LogP contribution is -2.53. The number of nitrogens with zero attached hydrogens (tertiary/aromatic N) is 1. The van der Waals surface area contributed by atoms with Crippen molar-refractivity contribution >= 4 is 17.7 Å². The van der Waals surface area contributed by atoms with Crippen LogP contribution in [0.5, 0.6) is 0 Å². The van der Waals surface area contributed by atoms with E-state index in [0.29, 0.717) is 0 Å². The summed E-state index contributed by atoms with van der Waals surface area (Å²) in [6, 6.07) is -0.0872. The second-order valence-corrected chi connectivity index (χ2v) is 5.17. The molecule has 0 spiro atoms. The third-order valence-corrected chi connectivity index (χ3v) is 3.58. The molecule has 1 aliphatic rings. The van der Waals surface area contributed by atoms with Crippen LogP contribution in [0.15, 0.2) is 0 Å². The van der Waals surface area contributed by atoms with E-state index in [9.17, 15) is 4.79 Å². The van der Waals surface area contributed by atoms with Crippen LogP contribution in [0.3, 0.4) is 0 Å². The molecular formula is C9H18N2O2S. The Morgan fingerprint density at radius 2 is 2.36 bits per heavy atom. The van der Waals surface area contributed by atoms with Crippen molar-refractivity contribution in [3.63, 3.8) is 0 Å². The van der Waals surface area contributed by atoms with E-state index < -0.39 is 5.54 Å². The second-order valence-electron chi connectivity index (χ2n) is 4.14. The summed E-state index contributed by atoms with van der Waals surface area (Å²) in [5, 5.41) is 12.3. The summed E-state index contributed by atoms with van der Waals surface area (Å²) in [7, 11) is 1.74. The molecular weight excluding hydrogens is 200 g/mol. The predicted molar refractivity (Wildman–Crippen MR) is 58.2 cm³/mol. The Morgan fingerprint density at radius 1 is 1.71 bits per heavy atom. The number of hydrogen-bond acceptors (Lipinski definition) is 4. The molecule has 1 heterocycles. The quantitative estimate of drug-likeness (QED) is 0.693. The summed E-state index contributed by atoms with van der Waals surface area (Å²) in [6.07, 6.45) is 0. The van der Waals surface area contributed by atoms with E-state index in [-0.39, 0.29) is 18.6 Å². The van der Waals surface area contributed by atoms with Gasteiger partial charge in [0, 0.05) is 18.7 Å². The molecule has 1 rings (SSSR count). The first-order chi connectivity index (χ1) is 6.49. The summed E-state index contributed by atoms with van der Waals surface area (Å²) in [4.78, 5) is 13.5. The van der Waals surface area contributed by atoms with E-state index >= 15 is 0 Å². The molecule has 1 aliphatic heterocycles. The van der Waals surface area contributed by atoms with E-state index in [4.69, 9.17) is 5.11 Å². The summed E-state index contributed by atoms with van der Waals surface area (Å²) in [6.45, 7) is 3.69. The molecule has 5 heteroatoms. The number of aliphatic hydroxyl groups excluding tert-OH is 1. The lowest BCUT2D eigenvalue weighted by atomic mass is 10.0. The maximum atomic E-state index is 11.9. The number of likely N-dealkylation sites (N-methyl/N-ethyl adjacent to an activating group) is 1. The van der Waals surface area contributed by atoms with E-state index in [1.54, 1.807) is 23.7 Å². The van der Waals surface area contributed by atoms with Crippen LogP contribution in [0.25, 0.3) is 0 Å². The zero-order valence-corrected chi connectivity index (χ0v) is 9.73. The highest BCUT2D eigenvalue weighted by Crippen LogP contribution is 2.17. The fourth-order valence-electron chi connectivity index (χ4n) is 1.19. The van der Waals surface area contributed by atoms with Gasteiger partial charge in [0.15, 0.2) is 0 Å². The van der Waals surface area contributed by atoms with Crippen molar-refractivity contribution in [2.45, 2.75) is 25.4 Å². The monoisotopic (exact) mass is 218 g/mol. The molecule has 1 atom stereocenters. The van der Waals surface area contributed by atoms with Gasteiger partial charge in [0.05, 0.1) is 18.2 Å².